The lowest BCUT2D eigenvalue weighted by atomic mass is 10.0. The third kappa shape index (κ3) is 4.24. The molecule has 2 aromatic carbocycles. The lowest BCUT2D eigenvalue weighted by Crippen LogP contribution is -2.51. The molecule has 27 heavy (non-hydrogen) atoms. The second kappa shape index (κ2) is 7.60. The Hall–Kier alpha value is -2.54. The number of hydrogen-bond donors (Lipinski definition) is 1. The molecule has 0 fully saturated rings. The monoisotopic (exact) mass is 388 g/mol. The number of anilines is 1. The molecule has 1 N–H and O–H groups in total. The van der Waals surface area contributed by atoms with Gasteiger partial charge in [-0.1, -0.05) is 48.9 Å². The van der Waals surface area contributed by atoms with Crippen LogP contribution in [0, 0.1) is 6.92 Å². The van der Waals surface area contributed by atoms with Crippen molar-refractivity contribution in [3.8, 4) is 5.75 Å². The highest BCUT2D eigenvalue weighted by Crippen LogP contribution is 2.34. The summed E-state index contributed by atoms with van der Waals surface area (Å²) < 4.78 is 31.4. The van der Waals surface area contributed by atoms with Gasteiger partial charge in [-0.3, -0.25) is 9.10 Å². The Kier molecular flexibility index (Phi) is 5.41. The van der Waals surface area contributed by atoms with E-state index in [1.807, 2.05) is 38.1 Å². The van der Waals surface area contributed by atoms with Gasteiger partial charge in [-0.2, -0.15) is 0 Å². The SMILES string of the molecule is CC[C@H](NC(=O)[C@H]1CN(S(C)(=O)=O)c2ccccc2O1)c1ccc(C)cc1. The highest BCUT2D eigenvalue weighted by Gasteiger charge is 2.35. The Morgan fingerprint density at radius 2 is 1.89 bits per heavy atom. The number of benzene rings is 2. The Morgan fingerprint density at radius 1 is 1.22 bits per heavy atom. The topological polar surface area (TPSA) is 75.7 Å². The van der Waals surface area contributed by atoms with Crippen molar-refractivity contribution >= 4 is 21.6 Å². The molecule has 0 bridgehead atoms. The molecule has 1 amide bonds. The molecule has 0 saturated heterocycles. The molecule has 0 aliphatic carbocycles. The number of aryl methyl sites for hydroxylation is 1. The summed E-state index contributed by atoms with van der Waals surface area (Å²) in [6.07, 6.45) is 0.938. The van der Waals surface area contributed by atoms with Crippen molar-refractivity contribution in [2.45, 2.75) is 32.4 Å². The first kappa shape index (κ1) is 19.2. The van der Waals surface area contributed by atoms with E-state index < -0.39 is 16.1 Å². The predicted octanol–water partition coefficient (Wildman–Crippen LogP) is 2.79. The number of ether oxygens (including phenoxy) is 1. The fraction of sp³-hybridized carbons (Fsp3) is 0.350. The van der Waals surface area contributed by atoms with E-state index in [0.717, 1.165) is 17.4 Å². The largest absolute Gasteiger partial charge is 0.476 e. The van der Waals surface area contributed by atoms with Crippen molar-refractivity contribution in [3.05, 3.63) is 59.7 Å². The zero-order valence-corrected chi connectivity index (χ0v) is 16.5. The van der Waals surface area contributed by atoms with E-state index >= 15 is 0 Å². The van der Waals surface area contributed by atoms with E-state index in [9.17, 15) is 13.2 Å². The van der Waals surface area contributed by atoms with E-state index in [1.165, 1.54) is 4.31 Å². The van der Waals surface area contributed by atoms with Crippen LogP contribution in [0.4, 0.5) is 5.69 Å². The quantitative estimate of drug-likeness (QED) is 0.855. The van der Waals surface area contributed by atoms with E-state index in [1.54, 1.807) is 24.3 Å². The van der Waals surface area contributed by atoms with E-state index in [4.69, 9.17) is 4.74 Å². The number of para-hydroxylation sites is 2. The third-order valence-electron chi connectivity index (χ3n) is 4.63. The van der Waals surface area contributed by atoms with Gasteiger partial charge in [0, 0.05) is 0 Å². The molecule has 1 aliphatic heterocycles. The molecule has 0 saturated carbocycles. The molecule has 0 radical (unpaired) electrons. The minimum absolute atomic E-state index is 0.0496. The average Bonchev–Trinajstić information content (AvgIpc) is 2.65. The van der Waals surface area contributed by atoms with Crippen molar-refractivity contribution in [2.24, 2.45) is 0 Å². The van der Waals surface area contributed by atoms with Crippen LogP contribution in [-0.4, -0.2) is 33.2 Å². The van der Waals surface area contributed by atoms with Crippen LogP contribution in [-0.2, 0) is 14.8 Å². The van der Waals surface area contributed by atoms with E-state index in [-0.39, 0.29) is 18.5 Å². The summed E-state index contributed by atoms with van der Waals surface area (Å²) in [7, 11) is -3.52. The van der Waals surface area contributed by atoms with Gasteiger partial charge in [0.05, 0.1) is 24.5 Å². The van der Waals surface area contributed by atoms with Gasteiger partial charge in [-0.25, -0.2) is 8.42 Å². The zero-order valence-electron chi connectivity index (χ0n) is 15.7. The van der Waals surface area contributed by atoms with Crippen LogP contribution in [0.2, 0.25) is 0 Å². The number of nitrogens with zero attached hydrogens (tertiary/aromatic N) is 1. The van der Waals surface area contributed by atoms with Gasteiger partial charge < -0.3 is 10.1 Å². The maximum atomic E-state index is 12.8. The molecule has 3 rings (SSSR count). The van der Waals surface area contributed by atoms with E-state index in [2.05, 4.69) is 5.32 Å². The van der Waals surface area contributed by atoms with E-state index in [0.29, 0.717) is 17.9 Å². The second-order valence-corrected chi connectivity index (χ2v) is 8.66. The average molecular weight is 388 g/mol. The highest BCUT2D eigenvalue weighted by atomic mass is 32.2. The fourth-order valence-corrected chi connectivity index (χ4v) is 4.05. The number of amides is 1. The first-order valence-corrected chi connectivity index (χ1v) is 10.7. The van der Waals surface area contributed by atoms with Crippen molar-refractivity contribution in [1.29, 1.82) is 0 Å². The molecule has 0 spiro atoms. The Balaban J connectivity index is 1.81. The smallest absolute Gasteiger partial charge is 0.263 e. The van der Waals surface area contributed by atoms with Gasteiger partial charge in [-0.15, -0.1) is 0 Å². The van der Waals surface area contributed by atoms with Gasteiger partial charge in [-0.05, 0) is 31.0 Å². The maximum Gasteiger partial charge on any atom is 0.263 e. The summed E-state index contributed by atoms with van der Waals surface area (Å²) in [5, 5.41) is 2.99. The number of fused-ring (bicyclic) bond motifs is 1. The van der Waals surface area contributed by atoms with Gasteiger partial charge in [0.15, 0.2) is 6.10 Å². The van der Waals surface area contributed by atoms with Crippen molar-refractivity contribution in [2.75, 3.05) is 17.1 Å². The molecule has 2 aromatic rings. The van der Waals surface area contributed by atoms with Crippen LogP contribution in [0.5, 0.6) is 5.75 Å². The van der Waals surface area contributed by atoms with Gasteiger partial charge in [0.25, 0.3) is 5.91 Å². The van der Waals surface area contributed by atoms with Crippen molar-refractivity contribution < 1.29 is 17.9 Å². The van der Waals surface area contributed by atoms with Crippen molar-refractivity contribution in [1.82, 2.24) is 5.32 Å². The summed E-state index contributed by atoms with van der Waals surface area (Å²) >= 11 is 0. The Labute approximate surface area is 160 Å². The minimum Gasteiger partial charge on any atom is -0.476 e. The van der Waals surface area contributed by atoms with Gasteiger partial charge >= 0.3 is 0 Å². The summed E-state index contributed by atoms with van der Waals surface area (Å²) in [6, 6.07) is 14.7. The number of nitrogens with one attached hydrogen (secondary N) is 1. The van der Waals surface area contributed by atoms with Crippen LogP contribution in [0.3, 0.4) is 0 Å². The second-order valence-electron chi connectivity index (χ2n) is 6.75. The zero-order chi connectivity index (χ0) is 19.6. The van der Waals surface area contributed by atoms with Gasteiger partial charge in [0.1, 0.15) is 5.75 Å². The predicted molar refractivity (Wildman–Crippen MR) is 105 cm³/mol. The Morgan fingerprint density at radius 3 is 2.52 bits per heavy atom. The first-order chi connectivity index (χ1) is 12.8. The molecule has 144 valence electrons. The normalized spacial score (nSPS) is 17.6. The van der Waals surface area contributed by atoms with Gasteiger partial charge in [0.2, 0.25) is 10.0 Å². The molecular formula is C20H24N2O4S. The Bertz CT molecular complexity index is 925. The number of carbonyl (C=O) groups excluding carboxylic acids is 1. The maximum absolute atomic E-state index is 12.8. The van der Waals surface area contributed by atoms with Crippen LogP contribution < -0.4 is 14.4 Å². The number of sulfonamides is 1. The standard InChI is InChI=1S/C20H24N2O4S/c1-4-16(15-11-9-14(2)10-12-15)21-20(23)19-13-22(27(3,24)25)17-7-5-6-8-18(17)26-19/h5-12,16,19H,4,13H2,1-3H3,(H,21,23)/t16-,19+/m0/s1. The first-order valence-electron chi connectivity index (χ1n) is 8.90. The van der Waals surface area contributed by atoms with Crippen LogP contribution >= 0.6 is 0 Å². The summed E-state index contributed by atoms with van der Waals surface area (Å²) in [5.41, 5.74) is 2.61. The number of carbonyl (C=O) groups is 1. The molecule has 0 aromatic heterocycles. The molecule has 0 unspecified atom stereocenters. The van der Waals surface area contributed by atoms with Crippen LogP contribution in [0.1, 0.15) is 30.5 Å². The molecule has 6 nitrogen and oxygen atoms in total. The molecule has 1 heterocycles. The number of rotatable bonds is 5. The minimum atomic E-state index is -3.52. The molecular weight excluding hydrogens is 364 g/mol. The molecule has 2 atom stereocenters. The third-order valence-corrected chi connectivity index (χ3v) is 5.78. The van der Waals surface area contributed by atoms with Crippen molar-refractivity contribution in [3.63, 3.8) is 0 Å². The summed E-state index contributed by atoms with van der Waals surface area (Å²) in [4.78, 5) is 12.8. The van der Waals surface area contributed by atoms with Crippen LogP contribution in [0.15, 0.2) is 48.5 Å². The highest BCUT2D eigenvalue weighted by molar-refractivity contribution is 7.92. The fourth-order valence-electron chi connectivity index (χ4n) is 3.14. The summed E-state index contributed by atoms with van der Waals surface area (Å²) in [6.45, 7) is 3.95. The number of hydrogen-bond acceptors (Lipinski definition) is 4. The van der Waals surface area contributed by atoms with Crippen LogP contribution in [0.25, 0.3) is 0 Å². The molecule has 7 heteroatoms. The molecule has 1 aliphatic rings. The summed E-state index contributed by atoms with van der Waals surface area (Å²) in [5.74, 6) is 0.0586. The lowest BCUT2D eigenvalue weighted by Gasteiger charge is -2.34. The lowest BCUT2D eigenvalue weighted by molar-refractivity contribution is -0.128.